The van der Waals surface area contributed by atoms with Gasteiger partial charge < -0.3 is 9.64 Å². The van der Waals surface area contributed by atoms with E-state index in [1.807, 2.05) is 41.0 Å². The number of hydrogen-bond acceptors (Lipinski definition) is 4. The third-order valence-electron chi connectivity index (χ3n) is 6.13. The first kappa shape index (κ1) is 19.9. The molecular formula is C23H30N4O2. The van der Waals surface area contributed by atoms with Gasteiger partial charge in [0.25, 0.3) is 5.91 Å². The minimum atomic E-state index is -0.780. The van der Waals surface area contributed by atoms with E-state index < -0.39 is 5.60 Å². The first-order valence-corrected chi connectivity index (χ1v) is 10.4. The maximum atomic E-state index is 13.5. The lowest BCUT2D eigenvalue weighted by molar-refractivity contribution is -0.170. The van der Waals surface area contributed by atoms with E-state index in [1.165, 1.54) is 16.8 Å². The van der Waals surface area contributed by atoms with Crippen molar-refractivity contribution >= 4 is 5.91 Å². The smallest absolute Gasteiger partial charge is 0.256 e. The van der Waals surface area contributed by atoms with Crippen LogP contribution in [0.5, 0.6) is 0 Å². The van der Waals surface area contributed by atoms with Gasteiger partial charge in [0.05, 0.1) is 12.8 Å². The van der Waals surface area contributed by atoms with Gasteiger partial charge in [0.1, 0.15) is 0 Å². The molecule has 0 saturated carbocycles. The van der Waals surface area contributed by atoms with Gasteiger partial charge >= 0.3 is 0 Å². The van der Waals surface area contributed by atoms with Gasteiger partial charge in [0, 0.05) is 57.4 Å². The summed E-state index contributed by atoms with van der Waals surface area (Å²) in [5, 5.41) is 4.35. The molecule has 1 aromatic heterocycles. The Morgan fingerprint density at radius 3 is 2.79 bits per heavy atom. The molecule has 2 aliphatic rings. The maximum Gasteiger partial charge on any atom is 0.256 e. The average Bonchev–Trinajstić information content (AvgIpc) is 2.97. The largest absolute Gasteiger partial charge is 0.362 e. The SMILES string of the molecule is Cc1c(CN2CCO[C@]3(CC=CCN(CCc4ccccc4)C3=O)C2)cnn1C. The summed E-state index contributed by atoms with van der Waals surface area (Å²) in [4.78, 5) is 17.8. The number of aryl methyl sites for hydroxylation is 1. The molecule has 1 aromatic carbocycles. The Balaban J connectivity index is 1.46. The van der Waals surface area contributed by atoms with Crippen molar-refractivity contribution in [1.82, 2.24) is 19.6 Å². The van der Waals surface area contributed by atoms with Crippen LogP contribution in [0.15, 0.2) is 48.7 Å². The Morgan fingerprint density at radius 1 is 1.21 bits per heavy atom. The number of ether oxygens (including phenoxy) is 1. The van der Waals surface area contributed by atoms with Gasteiger partial charge in [0.2, 0.25) is 0 Å². The first-order valence-electron chi connectivity index (χ1n) is 10.4. The van der Waals surface area contributed by atoms with E-state index in [9.17, 15) is 4.79 Å². The van der Waals surface area contributed by atoms with Crippen LogP contribution in [0.2, 0.25) is 0 Å². The number of carbonyl (C=O) groups is 1. The van der Waals surface area contributed by atoms with Crippen molar-refractivity contribution in [2.75, 3.05) is 32.8 Å². The van der Waals surface area contributed by atoms with Crippen LogP contribution in [0.1, 0.15) is 23.2 Å². The van der Waals surface area contributed by atoms with Gasteiger partial charge in [-0.05, 0) is 18.9 Å². The fourth-order valence-corrected chi connectivity index (χ4v) is 4.22. The molecule has 2 aromatic rings. The zero-order valence-corrected chi connectivity index (χ0v) is 17.4. The van der Waals surface area contributed by atoms with Gasteiger partial charge in [0.15, 0.2) is 5.60 Å². The number of rotatable bonds is 5. The van der Waals surface area contributed by atoms with Gasteiger partial charge in [-0.15, -0.1) is 0 Å². The van der Waals surface area contributed by atoms with Crippen molar-refractivity contribution < 1.29 is 9.53 Å². The van der Waals surface area contributed by atoms with E-state index in [4.69, 9.17) is 4.74 Å². The quantitative estimate of drug-likeness (QED) is 0.731. The van der Waals surface area contributed by atoms with Gasteiger partial charge in [-0.1, -0.05) is 42.5 Å². The fourth-order valence-electron chi connectivity index (χ4n) is 4.22. The number of carbonyl (C=O) groups excluding carboxylic acids is 1. The molecule has 0 bridgehead atoms. The van der Waals surface area contributed by atoms with E-state index in [-0.39, 0.29) is 5.91 Å². The maximum absolute atomic E-state index is 13.5. The highest BCUT2D eigenvalue weighted by Crippen LogP contribution is 2.28. The van der Waals surface area contributed by atoms with Crippen LogP contribution in [0.3, 0.4) is 0 Å². The third-order valence-corrected chi connectivity index (χ3v) is 6.13. The molecule has 1 amide bonds. The van der Waals surface area contributed by atoms with Crippen LogP contribution in [0, 0.1) is 6.92 Å². The molecule has 0 unspecified atom stereocenters. The van der Waals surface area contributed by atoms with Crippen LogP contribution in [-0.4, -0.2) is 63.9 Å². The van der Waals surface area contributed by atoms with Crippen molar-refractivity contribution in [3.63, 3.8) is 0 Å². The summed E-state index contributed by atoms with van der Waals surface area (Å²) < 4.78 is 8.08. The molecule has 3 heterocycles. The van der Waals surface area contributed by atoms with E-state index in [0.717, 1.165) is 19.5 Å². The summed E-state index contributed by atoms with van der Waals surface area (Å²) in [7, 11) is 1.96. The first-order chi connectivity index (χ1) is 14.1. The highest BCUT2D eigenvalue weighted by molar-refractivity contribution is 5.86. The van der Waals surface area contributed by atoms with Crippen LogP contribution in [0.25, 0.3) is 0 Å². The van der Waals surface area contributed by atoms with Gasteiger partial charge in [-0.2, -0.15) is 5.10 Å². The number of nitrogens with zero attached hydrogens (tertiary/aromatic N) is 4. The molecule has 0 aliphatic carbocycles. The molecule has 29 heavy (non-hydrogen) atoms. The summed E-state index contributed by atoms with van der Waals surface area (Å²) >= 11 is 0. The molecule has 154 valence electrons. The van der Waals surface area contributed by atoms with Crippen molar-refractivity contribution in [3.8, 4) is 0 Å². The zero-order chi connectivity index (χ0) is 20.3. The van der Waals surface area contributed by atoms with Crippen molar-refractivity contribution in [3.05, 3.63) is 65.5 Å². The molecule has 4 rings (SSSR count). The Bertz CT molecular complexity index is 876. The van der Waals surface area contributed by atoms with Crippen molar-refractivity contribution in [1.29, 1.82) is 0 Å². The van der Waals surface area contributed by atoms with Gasteiger partial charge in [-0.25, -0.2) is 0 Å². The molecule has 0 N–H and O–H groups in total. The Morgan fingerprint density at radius 2 is 2.03 bits per heavy atom. The van der Waals surface area contributed by atoms with Crippen molar-refractivity contribution in [2.45, 2.75) is 31.9 Å². The second kappa shape index (κ2) is 8.51. The van der Waals surface area contributed by atoms with E-state index in [2.05, 4.69) is 41.2 Å². The molecule has 1 atom stereocenters. The van der Waals surface area contributed by atoms with E-state index in [0.29, 0.717) is 32.7 Å². The Kier molecular flexibility index (Phi) is 5.83. The molecule has 1 fully saturated rings. The molecule has 1 saturated heterocycles. The predicted molar refractivity (Wildman–Crippen MR) is 112 cm³/mol. The lowest BCUT2D eigenvalue weighted by Crippen LogP contribution is -2.60. The van der Waals surface area contributed by atoms with Crippen LogP contribution in [-0.2, 0) is 29.5 Å². The number of benzene rings is 1. The summed E-state index contributed by atoms with van der Waals surface area (Å²) in [5.74, 6) is 0.117. The monoisotopic (exact) mass is 394 g/mol. The average molecular weight is 395 g/mol. The van der Waals surface area contributed by atoms with Crippen LogP contribution in [0.4, 0.5) is 0 Å². The molecular weight excluding hydrogens is 364 g/mol. The Labute approximate surface area is 172 Å². The third kappa shape index (κ3) is 4.28. The summed E-state index contributed by atoms with van der Waals surface area (Å²) in [6.07, 6.45) is 7.63. The second-order valence-corrected chi connectivity index (χ2v) is 8.09. The normalized spacial score (nSPS) is 23.0. The summed E-state index contributed by atoms with van der Waals surface area (Å²) in [6.45, 7) is 6.27. The molecule has 6 nitrogen and oxygen atoms in total. The summed E-state index contributed by atoms with van der Waals surface area (Å²) in [5.41, 5.74) is 2.85. The number of amides is 1. The number of morpholine rings is 1. The second-order valence-electron chi connectivity index (χ2n) is 8.09. The standard InChI is InChI=1S/C23H30N4O2/c1-19-21(16-24-25(19)2)17-26-14-15-29-23(18-26)11-6-7-12-27(22(23)28)13-10-20-8-4-3-5-9-20/h3-9,16H,10-15,17-18H2,1-2H3/t23-/m1/s1. The molecule has 0 radical (unpaired) electrons. The van der Waals surface area contributed by atoms with Crippen LogP contribution >= 0.6 is 0 Å². The van der Waals surface area contributed by atoms with Crippen molar-refractivity contribution in [2.24, 2.45) is 7.05 Å². The lowest BCUT2D eigenvalue weighted by Gasteiger charge is -2.42. The molecule has 2 aliphatic heterocycles. The Hall–Kier alpha value is -2.44. The molecule has 6 heteroatoms. The lowest BCUT2D eigenvalue weighted by atomic mass is 9.95. The number of aromatic nitrogens is 2. The topological polar surface area (TPSA) is 50.6 Å². The summed E-state index contributed by atoms with van der Waals surface area (Å²) in [6, 6.07) is 10.3. The van der Waals surface area contributed by atoms with Gasteiger partial charge in [-0.3, -0.25) is 14.4 Å². The zero-order valence-electron chi connectivity index (χ0n) is 17.4. The van der Waals surface area contributed by atoms with Crippen LogP contribution < -0.4 is 0 Å². The molecule has 1 spiro atoms. The number of hydrogen-bond donors (Lipinski definition) is 0. The van der Waals surface area contributed by atoms with E-state index >= 15 is 0 Å². The van der Waals surface area contributed by atoms with E-state index in [1.54, 1.807) is 0 Å². The minimum absolute atomic E-state index is 0.117. The minimum Gasteiger partial charge on any atom is -0.362 e. The highest BCUT2D eigenvalue weighted by atomic mass is 16.5. The highest BCUT2D eigenvalue weighted by Gasteiger charge is 2.45. The fraction of sp³-hybridized carbons (Fsp3) is 0.478. The predicted octanol–water partition coefficient (Wildman–Crippen LogP) is 2.33.